The van der Waals surface area contributed by atoms with E-state index in [1.165, 1.54) is 0 Å². The van der Waals surface area contributed by atoms with Crippen LogP contribution in [0.1, 0.15) is 11.4 Å². The van der Waals surface area contributed by atoms with Crippen molar-refractivity contribution in [2.75, 3.05) is 36.4 Å². The summed E-state index contributed by atoms with van der Waals surface area (Å²) in [6.07, 6.45) is 3.55. The van der Waals surface area contributed by atoms with Crippen molar-refractivity contribution in [3.8, 4) is 6.07 Å². The number of rotatable bonds is 5. The Balaban J connectivity index is 1.35. The molecule has 0 saturated carbocycles. The molecule has 8 nitrogen and oxygen atoms in total. The Morgan fingerprint density at radius 2 is 1.72 bits per heavy atom. The molecule has 2 aromatic heterocycles. The first kappa shape index (κ1) is 19.8. The van der Waals surface area contributed by atoms with Crippen LogP contribution in [0.25, 0.3) is 10.9 Å². The number of fused-ring (bicyclic) bond motifs is 1. The van der Waals surface area contributed by atoms with Gasteiger partial charge in [-0.2, -0.15) is 5.26 Å². The van der Waals surface area contributed by atoms with Crippen LogP contribution in [0.2, 0.25) is 0 Å². The number of nitrogens with zero attached hydrogens (tertiary/aromatic N) is 7. The zero-order valence-electron chi connectivity index (χ0n) is 17.5. The van der Waals surface area contributed by atoms with Gasteiger partial charge in [-0.25, -0.2) is 19.9 Å². The van der Waals surface area contributed by atoms with Crippen molar-refractivity contribution in [1.82, 2.24) is 24.8 Å². The molecule has 158 valence electrons. The Kier molecular flexibility index (Phi) is 5.56. The van der Waals surface area contributed by atoms with Crippen molar-refractivity contribution in [3.63, 3.8) is 0 Å². The second-order valence-corrected chi connectivity index (χ2v) is 7.64. The lowest BCUT2D eigenvalue weighted by Crippen LogP contribution is -2.46. The summed E-state index contributed by atoms with van der Waals surface area (Å²) in [7, 11) is 0. The van der Waals surface area contributed by atoms with Crippen molar-refractivity contribution >= 4 is 28.4 Å². The lowest BCUT2D eigenvalue weighted by molar-refractivity contribution is 0.243. The smallest absolute Gasteiger partial charge is 0.225 e. The first-order chi connectivity index (χ1) is 15.8. The standard InChI is InChI=1S/C24H22N8/c25-16-18-5-3-6-19(15-18)28-23-20-7-1-2-8-21(20)29-22(30-23)17-31-11-13-32(14-12-31)24-26-9-4-10-27-24/h1-10,15H,11-14,17H2,(H,28,29,30). The summed E-state index contributed by atoms with van der Waals surface area (Å²) in [6.45, 7) is 4.18. The Morgan fingerprint density at radius 1 is 0.906 bits per heavy atom. The molecule has 0 aliphatic carbocycles. The van der Waals surface area contributed by atoms with Crippen LogP contribution in [0.4, 0.5) is 17.5 Å². The highest BCUT2D eigenvalue weighted by Crippen LogP contribution is 2.25. The summed E-state index contributed by atoms with van der Waals surface area (Å²) in [6, 6.07) is 19.4. The van der Waals surface area contributed by atoms with Crippen LogP contribution < -0.4 is 10.2 Å². The van der Waals surface area contributed by atoms with Crippen LogP contribution in [0.3, 0.4) is 0 Å². The third-order valence-electron chi connectivity index (χ3n) is 5.48. The topological polar surface area (TPSA) is 93.9 Å². The second-order valence-electron chi connectivity index (χ2n) is 7.64. The van der Waals surface area contributed by atoms with Gasteiger partial charge in [0.25, 0.3) is 0 Å². The van der Waals surface area contributed by atoms with Gasteiger partial charge in [0.1, 0.15) is 11.6 Å². The molecule has 0 amide bonds. The minimum atomic E-state index is 0.605. The maximum absolute atomic E-state index is 9.20. The molecule has 5 rings (SSSR count). The van der Waals surface area contributed by atoms with E-state index in [1.54, 1.807) is 18.5 Å². The monoisotopic (exact) mass is 422 g/mol. The molecule has 8 heteroatoms. The molecular formula is C24H22N8. The molecule has 0 radical (unpaired) electrons. The van der Waals surface area contributed by atoms with Crippen molar-refractivity contribution in [2.45, 2.75) is 6.54 Å². The molecule has 32 heavy (non-hydrogen) atoms. The minimum absolute atomic E-state index is 0.605. The SMILES string of the molecule is N#Cc1cccc(Nc2nc(CN3CCN(c4ncccn4)CC3)nc3ccccc23)c1. The van der Waals surface area contributed by atoms with Gasteiger partial charge in [0, 0.05) is 49.6 Å². The highest BCUT2D eigenvalue weighted by molar-refractivity contribution is 5.90. The Labute approximate surface area is 186 Å². The molecule has 1 aliphatic rings. The third kappa shape index (κ3) is 4.33. The molecule has 1 N–H and O–H groups in total. The Bertz CT molecular complexity index is 1260. The minimum Gasteiger partial charge on any atom is -0.340 e. The number of aromatic nitrogens is 4. The Morgan fingerprint density at radius 3 is 2.53 bits per heavy atom. The average Bonchev–Trinajstić information content (AvgIpc) is 2.85. The van der Waals surface area contributed by atoms with Gasteiger partial charge in [0.2, 0.25) is 5.95 Å². The number of benzene rings is 2. The van der Waals surface area contributed by atoms with Crippen LogP contribution in [-0.4, -0.2) is 51.0 Å². The number of hydrogen-bond acceptors (Lipinski definition) is 8. The average molecular weight is 422 g/mol. The van der Waals surface area contributed by atoms with Crippen LogP contribution in [0, 0.1) is 11.3 Å². The van der Waals surface area contributed by atoms with Gasteiger partial charge in [0.05, 0.1) is 23.7 Å². The van der Waals surface area contributed by atoms with Crippen LogP contribution in [-0.2, 0) is 6.54 Å². The number of piperazine rings is 1. The normalized spacial score (nSPS) is 14.3. The van der Waals surface area contributed by atoms with Gasteiger partial charge in [-0.05, 0) is 36.4 Å². The third-order valence-corrected chi connectivity index (χ3v) is 5.48. The van der Waals surface area contributed by atoms with Crippen LogP contribution in [0.15, 0.2) is 67.0 Å². The summed E-state index contributed by atoms with van der Waals surface area (Å²) in [4.78, 5) is 22.9. The highest BCUT2D eigenvalue weighted by atomic mass is 15.3. The van der Waals surface area contributed by atoms with Gasteiger partial charge < -0.3 is 10.2 Å². The summed E-state index contributed by atoms with van der Waals surface area (Å²) in [5, 5.41) is 13.5. The van der Waals surface area contributed by atoms with E-state index in [1.807, 2.05) is 48.5 Å². The molecule has 3 heterocycles. The molecule has 0 atom stereocenters. The molecular weight excluding hydrogens is 400 g/mol. The molecule has 1 fully saturated rings. The zero-order valence-corrected chi connectivity index (χ0v) is 17.5. The van der Waals surface area contributed by atoms with Gasteiger partial charge >= 0.3 is 0 Å². The van der Waals surface area contributed by atoms with Gasteiger partial charge in [0.15, 0.2) is 0 Å². The lowest BCUT2D eigenvalue weighted by atomic mass is 10.2. The number of hydrogen-bond donors (Lipinski definition) is 1. The highest BCUT2D eigenvalue weighted by Gasteiger charge is 2.20. The van der Waals surface area contributed by atoms with Crippen LogP contribution in [0.5, 0.6) is 0 Å². The largest absolute Gasteiger partial charge is 0.340 e. The van der Waals surface area contributed by atoms with E-state index in [-0.39, 0.29) is 0 Å². The summed E-state index contributed by atoms with van der Waals surface area (Å²) < 4.78 is 0. The quantitative estimate of drug-likeness (QED) is 0.523. The van der Waals surface area contributed by atoms with E-state index in [0.717, 1.165) is 60.4 Å². The number of para-hydroxylation sites is 1. The molecule has 0 unspecified atom stereocenters. The number of nitrogens with one attached hydrogen (secondary N) is 1. The first-order valence-electron chi connectivity index (χ1n) is 10.6. The predicted molar refractivity (Wildman–Crippen MR) is 123 cm³/mol. The summed E-state index contributed by atoms with van der Waals surface area (Å²) in [5.41, 5.74) is 2.33. The van der Waals surface area contributed by atoms with E-state index in [0.29, 0.717) is 12.1 Å². The Hall–Kier alpha value is -4.09. The number of anilines is 3. The fourth-order valence-electron chi connectivity index (χ4n) is 3.85. The molecule has 0 bridgehead atoms. The first-order valence-corrected chi connectivity index (χ1v) is 10.6. The fraction of sp³-hybridized carbons (Fsp3) is 0.208. The van der Waals surface area contributed by atoms with E-state index in [4.69, 9.17) is 9.97 Å². The van der Waals surface area contributed by atoms with Crippen LogP contribution >= 0.6 is 0 Å². The summed E-state index contributed by atoms with van der Waals surface area (Å²) in [5.74, 6) is 2.30. The molecule has 4 aromatic rings. The zero-order chi connectivity index (χ0) is 21.8. The maximum Gasteiger partial charge on any atom is 0.225 e. The second kappa shape index (κ2) is 8.96. The van der Waals surface area contributed by atoms with Gasteiger partial charge in [-0.3, -0.25) is 4.90 Å². The van der Waals surface area contributed by atoms with Crippen molar-refractivity contribution in [2.24, 2.45) is 0 Å². The predicted octanol–water partition coefficient (Wildman–Crippen LogP) is 3.36. The van der Waals surface area contributed by atoms with Crippen molar-refractivity contribution in [3.05, 3.63) is 78.4 Å². The molecule has 0 spiro atoms. The van der Waals surface area contributed by atoms with Crippen molar-refractivity contribution < 1.29 is 0 Å². The van der Waals surface area contributed by atoms with E-state index in [2.05, 4.69) is 31.2 Å². The summed E-state index contributed by atoms with van der Waals surface area (Å²) >= 11 is 0. The number of nitriles is 1. The van der Waals surface area contributed by atoms with Gasteiger partial charge in [-0.15, -0.1) is 0 Å². The molecule has 1 saturated heterocycles. The van der Waals surface area contributed by atoms with E-state index < -0.39 is 0 Å². The fourth-order valence-corrected chi connectivity index (χ4v) is 3.85. The van der Waals surface area contributed by atoms with Gasteiger partial charge in [-0.1, -0.05) is 18.2 Å². The van der Waals surface area contributed by atoms with Crippen molar-refractivity contribution in [1.29, 1.82) is 5.26 Å². The van der Waals surface area contributed by atoms with E-state index >= 15 is 0 Å². The maximum atomic E-state index is 9.20. The molecule has 2 aromatic carbocycles. The lowest BCUT2D eigenvalue weighted by Gasteiger charge is -2.34. The van der Waals surface area contributed by atoms with E-state index in [9.17, 15) is 5.26 Å². The molecule has 1 aliphatic heterocycles.